The molecule has 1 N–H and O–H groups in total. The van der Waals surface area contributed by atoms with E-state index in [1.807, 2.05) is 18.3 Å². The molecule has 0 unspecified atom stereocenters. The first-order valence-corrected chi connectivity index (χ1v) is 9.11. The Balaban J connectivity index is 1.50. The molecular weight excluding hydrogens is 402 g/mol. The standard InChI is InChI=1S/C20H19ClF2N4O2/c1-26(12-14-2-8-18(9-3-14)29-19(22)23)20(28)24-10-15-11-25-27(13-15)17-6-4-16(21)5-7-17/h2-9,11,13,19H,10,12H2,1H3,(H,24,28). The fourth-order valence-electron chi connectivity index (χ4n) is 2.62. The Morgan fingerprint density at radius 1 is 1.17 bits per heavy atom. The van der Waals surface area contributed by atoms with Gasteiger partial charge >= 0.3 is 12.6 Å². The predicted octanol–water partition coefficient (Wildman–Crippen LogP) is 4.47. The minimum absolute atomic E-state index is 0.0774. The lowest BCUT2D eigenvalue weighted by Gasteiger charge is -2.18. The van der Waals surface area contributed by atoms with Crippen molar-refractivity contribution in [2.75, 3.05) is 7.05 Å². The van der Waals surface area contributed by atoms with E-state index in [-0.39, 0.29) is 11.8 Å². The highest BCUT2D eigenvalue weighted by Gasteiger charge is 2.10. The summed E-state index contributed by atoms with van der Waals surface area (Å²) >= 11 is 5.89. The lowest BCUT2D eigenvalue weighted by molar-refractivity contribution is -0.0498. The van der Waals surface area contributed by atoms with Crippen molar-refractivity contribution < 1.29 is 18.3 Å². The minimum atomic E-state index is -2.86. The Labute approximate surface area is 171 Å². The quantitative estimate of drug-likeness (QED) is 0.613. The number of alkyl halides is 2. The SMILES string of the molecule is CN(Cc1ccc(OC(F)F)cc1)C(=O)NCc1cnn(-c2ccc(Cl)cc2)c1. The van der Waals surface area contributed by atoms with Crippen molar-refractivity contribution in [3.8, 4) is 11.4 Å². The maximum absolute atomic E-state index is 12.3. The van der Waals surface area contributed by atoms with Crippen LogP contribution in [0.3, 0.4) is 0 Å². The minimum Gasteiger partial charge on any atom is -0.435 e. The van der Waals surface area contributed by atoms with E-state index in [9.17, 15) is 13.6 Å². The van der Waals surface area contributed by atoms with E-state index in [1.165, 1.54) is 17.0 Å². The van der Waals surface area contributed by atoms with Gasteiger partial charge in [0, 0.05) is 36.9 Å². The molecule has 3 aromatic rings. The van der Waals surface area contributed by atoms with Crippen LogP contribution in [0, 0.1) is 0 Å². The number of urea groups is 1. The second-order valence-corrected chi connectivity index (χ2v) is 6.74. The van der Waals surface area contributed by atoms with Gasteiger partial charge in [-0.05, 0) is 42.0 Å². The fourth-order valence-corrected chi connectivity index (χ4v) is 2.75. The van der Waals surface area contributed by atoms with E-state index < -0.39 is 6.61 Å². The third-order valence-electron chi connectivity index (χ3n) is 4.09. The van der Waals surface area contributed by atoms with Gasteiger partial charge in [-0.15, -0.1) is 0 Å². The molecule has 3 rings (SSSR count). The summed E-state index contributed by atoms with van der Waals surface area (Å²) in [6, 6.07) is 13.2. The van der Waals surface area contributed by atoms with Crippen LogP contribution in [-0.2, 0) is 13.1 Å². The van der Waals surface area contributed by atoms with Gasteiger partial charge in [0.25, 0.3) is 0 Å². The topological polar surface area (TPSA) is 59.4 Å². The van der Waals surface area contributed by atoms with Crippen LogP contribution in [-0.4, -0.2) is 34.4 Å². The lowest BCUT2D eigenvalue weighted by Crippen LogP contribution is -2.36. The third-order valence-corrected chi connectivity index (χ3v) is 4.34. The largest absolute Gasteiger partial charge is 0.435 e. The van der Waals surface area contributed by atoms with Gasteiger partial charge in [-0.1, -0.05) is 23.7 Å². The van der Waals surface area contributed by atoms with E-state index in [1.54, 1.807) is 42.2 Å². The maximum atomic E-state index is 12.3. The molecule has 0 spiro atoms. The Bertz CT molecular complexity index is 946. The van der Waals surface area contributed by atoms with E-state index in [0.717, 1.165) is 16.8 Å². The molecule has 0 atom stereocenters. The zero-order valence-corrected chi connectivity index (χ0v) is 16.3. The average Bonchev–Trinajstić information content (AvgIpc) is 3.16. The van der Waals surface area contributed by atoms with Gasteiger partial charge in [0.05, 0.1) is 11.9 Å². The second-order valence-electron chi connectivity index (χ2n) is 6.31. The molecule has 0 aliphatic rings. The molecule has 0 aliphatic heterocycles. The first-order chi connectivity index (χ1) is 13.9. The number of amides is 2. The van der Waals surface area contributed by atoms with Crippen molar-refractivity contribution in [1.29, 1.82) is 0 Å². The number of hydrogen-bond acceptors (Lipinski definition) is 3. The molecule has 1 aromatic heterocycles. The molecular formula is C20H19ClF2N4O2. The molecule has 0 fully saturated rings. The molecule has 6 nitrogen and oxygen atoms in total. The first-order valence-electron chi connectivity index (χ1n) is 8.73. The summed E-state index contributed by atoms with van der Waals surface area (Å²) < 4.78 is 30.4. The normalized spacial score (nSPS) is 10.8. The van der Waals surface area contributed by atoms with Gasteiger partial charge in [0.1, 0.15) is 5.75 Å². The van der Waals surface area contributed by atoms with Crippen LogP contribution in [0.1, 0.15) is 11.1 Å². The van der Waals surface area contributed by atoms with E-state index in [4.69, 9.17) is 11.6 Å². The van der Waals surface area contributed by atoms with Crippen LogP contribution >= 0.6 is 11.6 Å². The van der Waals surface area contributed by atoms with Crippen molar-refractivity contribution in [2.45, 2.75) is 19.7 Å². The van der Waals surface area contributed by atoms with Crippen LogP contribution < -0.4 is 10.1 Å². The molecule has 0 aliphatic carbocycles. The van der Waals surface area contributed by atoms with E-state index >= 15 is 0 Å². The molecule has 0 saturated heterocycles. The molecule has 2 aromatic carbocycles. The van der Waals surface area contributed by atoms with Gasteiger partial charge in [-0.2, -0.15) is 13.9 Å². The van der Waals surface area contributed by atoms with Crippen LogP contribution in [0.25, 0.3) is 5.69 Å². The summed E-state index contributed by atoms with van der Waals surface area (Å²) in [5.41, 5.74) is 2.50. The monoisotopic (exact) mass is 420 g/mol. The summed E-state index contributed by atoms with van der Waals surface area (Å²) in [4.78, 5) is 13.8. The molecule has 0 saturated carbocycles. The molecule has 1 heterocycles. The van der Waals surface area contributed by atoms with E-state index in [2.05, 4.69) is 15.2 Å². The summed E-state index contributed by atoms with van der Waals surface area (Å²) in [7, 11) is 1.65. The summed E-state index contributed by atoms with van der Waals surface area (Å²) in [6.07, 6.45) is 3.50. The first kappa shape index (κ1) is 20.6. The molecule has 152 valence electrons. The Morgan fingerprint density at radius 3 is 2.52 bits per heavy atom. The highest BCUT2D eigenvalue weighted by atomic mass is 35.5. The molecule has 29 heavy (non-hydrogen) atoms. The Hall–Kier alpha value is -3.13. The number of carbonyl (C=O) groups is 1. The second kappa shape index (κ2) is 9.38. The summed E-state index contributed by atoms with van der Waals surface area (Å²) in [5.74, 6) is 0.0774. The number of carbonyl (C=O) groups excluding carboxylic acids is 1. The average molecular weight is 421 g/mol. The third kappa shape index (κ3) is 5.92. The van der Waals surface area contributed by atoms with Crippen LogP contribution in [0.2, 0.25) is 5.02 Å². The maximum Gasteiger partial charge on any atom is 0.387 e. The van der Waals surface area contributed by atoms with Crippen molar-refractivity contribution in [2.24, 2.45) is 0 Å². The number of halogens is 3. The van der Waals surface area contributed by atoms with Crippen molar-refractivity contribution in [1.82, 2.24) is 20.0 Å². The highest BCUT2D eigenvalue weighted by molar-refractivity contribution is 6.30. The lowest BCUT2D eigenvalue weighted by atomic mass is 10.2. The smallest absolute Gasteiger partial charge is 0.387 e. The number of rotatable bonds is 7. The molecule has 9 heteroatoms. The number of benzene rings is 2. The number of ether oxygens (including phenoxy) is 1. The van der Waals surface area contributed by atoms with Crippen molar-refractivity contribution in [3.05, 3.63) is 77.1 Å². The number of aromatic nitrogens is 2. The summed E-state index contributed by atoms with van der Waals surface area (Å²) in [6.45, 7) is -2.22. The van der Waals surface area contributed by atoms with Crippen LogP contribution in [0.15, 0.2) is 60.9 Å². The Morgan fingerprint density at radius 2 is 1.86 bits per heavy atom. The molecule has 2 amide bonds. The highest BCUT2D eigenvalue weighted by Crippen LogP contribution is 2.16. The number of nitrogens with one attached hydrogen (secondary N) is 1. The Kier molecular flexibility index (Phi) is 6.66. The zero-order valence-electron chi connectivity index (χ0n) is 15.6. The van der Waals surface area contributed by atoms with Crippen LogP contribution in [0.4, 0.5) is 13.6 Å². The van der Waals surface area contributed by atoms with Crippen molar-refractivity contribution in [3.63, 3.8) is 0 Å². The fraction of sp³-hybridized carbons (Fsp3) is 0.200. The predicted molar refractivity (Wildman–Crippen MR) is 105 cm³/mol. The molecule has 0 radical (unpaired) electrons. The van der Waals surface area contributed by atoms with Crippen LogP contribution in [0.5, 0.6) is 5.75 Å². The van der Waals surface area contributed by atoms with E-state index in [0.29, 0.717) is 18.1 Å². The number of nitrogens with zero attached hydrogens (tertiary/aromatic N) is 3. The van der Waals surface area contributed by atoms with Gasteiger partial charge in [-0.25, -0.2) is 9.48 Å². The van der Waals surface area contributed by atoms with Gasteiger partial charge in [-0.3, -0.25) is 0 Å². The van der Waals surface area contributed by atoms with Gasteiger partial charge < -0.3 is 15.0 Å². The summed E-state index contributed by atoms with van der Waals surface area (Å²) in [5, 5.41) is 7.74. The number of hydrogen-bond donors (Lipinski definition) is 1. The molecule has 0 bridgehead atoms. The van der Waals surface area contributed by atoms with Gasteiger partial charge in [0.15, 0.2) is 0 Å². The van der Waals surface area contributed by atoms with Gasteiger partial charge in [0.2, 0.25) is 0 Å². The zero-order chi connectivity index (χ0) is 20.8. The van der Waals surface area contributed by atoms with Crippen molar-refractivity contribution >= 4 is 17.6 Å².